The molecule has 2 fully saturated rings. The Hall–Kier alpha value is -1.92. The number of hydrogen-bond donors (Lipinski definition) is 0. The quantitative estimate of drug-likeness (QED) is 0.605. The lowest BCUT2D eigenvalue weighted by molar-refractivity contribution is -0.149. The molecule has 2 saturated heterocycles. The monoisotopic (exact) mass is 364 g/mol. The van der Waals surface area contributed by atoms with E-state index in [1.165, 1.54) is 4.90 Å². The molecule has 1 atom stereocenters. The summed E-state index contributed by atoms with van der Waals surface area (Å²) >= 11 is 5.97. The van der Waals surface area contributed by atoms with Gasteiger partial charge in [-0.15, -0.1) is 0 Å². The molecule has 2 aliphatic rings. The number of piperidine rings is 1. The molecule has 0 aromatic heterocycles. The number of anilines is 1. The molecule has 2 amide bonds. The smallest absolute Gasteiger partial charge is 0.309 e. The zero-order valence-corrected chi connectivity index (χ0v) is 14.9. The van der Waals surface area contributed by atoms with Gasteiger partial charge in [0.25, 0.3) is 5.91 Å². The Morgan fingerprint density at radius 1 is 1.28 bits per heavy atom. The minimum absolute atomic E-state index is 0.118. The Balaban J connectivity index is 1.66. The van der Waals surface area contributed by atoms with Gasteiger partial charge in [0.2, 0.25) is 5.91 Å². The Labute approximate surface area is 151 Å². The van der Waals surface area contributed by atoms with Gasteiger partial charge in [0.1, 0.15) is 0 Å². The van der Waals surface area contributed by atoms with Crippen LogP contribution >= 0.6 is 11.6 Å². The van der Waals surface area contributed by atoms with Crippen molar-refractivity contribution in [1.82, 2.24) is 4.90 Å². The second-order valence-electron chi connectivity index (χ2n) is 6.33. The van der Waals surface area contributed by atoms with Crippen LogP contribution in [0, 0.1) is 5.92 Å². The van der Waals surface area contributed by atoms with Crippen LogP contribution in [-0.2, 0) is 19.1 Å². The molecule has 1 aromatic carbocycles. The van der Waals surface area contributed by atoms with Crippen LogP contribution in [0.3, 0.4) is 0 Å². The third kappa shape index (κ3) is 3.70. The highest BCUT2D eigenvalue weighted by Gasteiger charge is 2.44. The van der Waals surface area contributed by atoms with Crippen molar-refractivity contribution in [2.24, 2.45) is 5.92 Å². The number of carbonyl (C=O) groups excluding carboxylic acids is 3. The van der Waals surface area contributed by atoms with Gasteiger partial charge < -0.3 is 4.74 Å². The van der Waals surface area contributed by atoms with Crippen LogP contribution in [0.2, 0.25) is 5.02 Å². The molecule has 0 bridgehead atoms. The highest BCUT2D eigenvalue weighted by Crippen LogP contribution is 2.30. The van der Waals surface area contributed by atoms with E-state index in [0.29, 0.717) is 43.2 Å². The maximum atomic E-state index is 12.8. The van der Waals surface area contributed by atoms with Crippen molar-refractivity contribution >= 4 is 35.1 Å². The molecule has 0 aliphatic carbocycles. The number of likely N-dealkylation sites (tertiary alicyclic amines) is 1. The molecule has 0 N–H and O–H groups in total. The minimum atomic E-state index is -0.463. The van der Waals surface area contributed by atoms with Crippen molar-refractivity contribution in [2.45, 2.75) is 32.2 Å². The van der Waals surface area contributed by atoms with Crippen molar-refractivity contribution in [1.29, 1.82) is 0 Å². The molecule has 6 nitrogen and oxygen atoms in total. The van der Waals surface area contributed by atoms with E-state index in [1.807, 2.05) is 4.90 Å². The summed E-state index contributed by atoms with van der Waals surface area (Å²) in [7, 11) is 0. The lowest BCUT2D eigenvalue weighted by Crippen LogP contribution is -2.47. The lowest BCUT2D eigenvalue weighted by atomic mass is 9.95. The standard InChI is InChI=1S/C18H21ClN2O4/c1-2-25-18(24)12-6-8-20(9-7-12)15-11-16(22)21(17(15)23)14-5-3-4-13(19)10-14/h3-5,10,12,15H,2,6-9,11H2,1H3/t15-/m1/s1. The van der Waals surface area contributed by atoms with E-state index in [-0.39, 0.29) is 30.1 Å². The van der Waals surface area contributed by atoms with Gasteiger partial charge in [-0.2, -0.15) is 0 Å². The number of nitrogens with zero attached hydrogens (tertiary/aromatic N) is 2. The molecule has 3 rings (SSSR count). The molecule has 25 heavy (non-hydrogen) atoms. The predicted molar refractivity (Wildman–Crippen MR) is 93.3 cm³/mol. The largest absolute Gasteiger partial charge is 0.466 e. The number of hydrogen-bond acceptors (Lipinski definition) is 5. The minimum Gasteiger partial charge on any atom is -0.466 e. The maximum absolute atomic E-state index is 12.8. The molecule has 0 spiro atoms. The van der Waals surface area contributed by atoms with Gasteiger partial charge in [0.15, 0.2) is 0 Å². The van der Waals surface area contributed by atoms with E-state index < -0.39 is 6.04 Å². The van der Waals surface area contributed by atoms with Gasteiger partial charge in [-0.3, -0.25) is 19.3 Å². The average molecular weight is 365 g/mol. The maximum Gasteiger partial charge on any atom is 0.309 e. The highest BCUT2D eigenvalue weighted by molar-refractivity contribution is 6.31. The van der Waals surface area contributed by atoms with Crippen LogP contribution in [0.5, 0.6) is 0 Å². The Bertz CT molecular complexity index is 685. The fourth-order valence-corrected chi connectivity index (χ4v) is 3.68. The van der Waals surface area contributed by atoms with E-state index in [2.05, 4.69) is 0 Å². The molecule has 0 radical (unpaired) electrons. The molecule has 0 saturated carbocycles. The van der Waals surface area contributed by atoms with Crippen molar-refractivity contribution in [3.63, 3.8) is 0 Å². The summed E-state index contributed by atoms with van der Waals surface area (Å²) in [4.78, 5) is 40.2. The predicted octanol–water partition coefficient (Wildman–Crippen LogP) is 2.25. The second kappa shape index (κ2) is 7.54. The third-order valence-electron chi connectivity index (χ3n) is 4.78. The Morgan fingerprint density at radius 2 is 2.00 bits per heavy atom. The first kappa shape index (κ1) is 17.9. The first-order valence-corrected chi connectivity index (χ1v) is 8.92. The van der Waals surface area contributed by atoms with Gasteiger partial charge >= 0.3 is 5.97 Å². The number of benzene rings is 1. The van der Waals surface area contributed by atoms with Gasteiger partial charge in [0, 0.05) is 5.02 Å². The summed E-state index contributed by atoms with van der Waals surface area (Å²) in [5.74, 6) is -0.726. The van der Waals surface area contributed by atoms with Crippen LogP contribution < -0.4 is 4.90 Å². The highest BCUT2D eigenvalue weighted by atomic mass is 35.5. The van der Waals surface area contributed by atoms with E-state index in [1.54, 1.807) is 31.2 Å². The van der Waals surface area contributed by atoms with E-state index in [0.717, 1.165) is 0 Å². The molecule has 2 heterocycles. The zero-order chi connectivity index (χ0) is 18.0. The van der Waals surface area contributed by atoms with Crippen molar-refractivity contribution in [3.8, 4) is 0 Å². The number of amides is 2. The summed E-state index contributed by atoms with van der Waals surface area (Å²) in [5.41, 5.74) is 0.506. The topological polar surface area (TPSA) is 66.9 Å². The van der Waals surface area contributed by atoms with Crippen molar-refractivity contribution in [2.75, 3.05) is 24.6 Å². The Morgan fingerprint density at radius 3 is 2.64 bits per heavy atom. The second-order valence-corrected chi connectivity index (χ2v) is 6.77. The Kier molecular flexibility index (Phi) is 5.39. The van der Waals surface area contributed by atoms with Crippen LogP contribution in [-0.4, -0.2) is 48.4 Å². The zero-order valence-electron chi connectivity index (χ0n) is 14.1. The molecule has 134 valence electrons. The summed E-state index contributed by atoms with van der Waals surface area (Å²) in [5, 5.41) is 0.483. The molecular formula is C18H21ClN2O4. The SMILES string of the molecule is CCOC(=O)C1CCN([C@@H]2CC(=O)N(c3cccc(Cl)c3)C2=O)CC1. The average Bonchev–Trinajstić information content (AvgIpc) is 2.90. The van der Waals surface area contributed by atoms with Crippen LogP contribution in [0.1, 0.15) is 26.2 Å². The van der Waals surface area contributed by atoms with Gasteiger partial charge in [-0.1, -0.05) is 17.7 Å². The van der Waals surface area contributed by atoms with Crippen molar-refractivity contribution < 1.29 is 19.1 Å². The number of rotatable bonds is 4. The van der Waals surface area contributed by atoms with Gasteiger partial charge in [0.05, 0.1) is 30.7 Å². The number of carbonyl (C=O) groups is 3. The lowest BCUT2D eigenvalue weighted by Gasteiger charge is -2.33. The summed E-state index contributed by atoms with van der Waals surface area (Å²) < 4.78 is 5.07. The van der Waals surface area contributed by atoms with Crippen LogP contribution in [0.15, 0.2) is 24.3 Å². The molecule has 0 unspecified atom stereocenters. The first-order chi connectivity index (χ1) is 12.0. The number of ether oxygens (including phenoxy) is 1. The van der Waals surface area contributed by atoms with Crippen LogP contribution in [0.25, 0.3) is 0 Å². The van der Waals surface area contributed by atoms with Gasteiger partial charge in [-0.25, -0.2) is 4.90 Å². The third-order valence-corrected chi connectivity index (χ3v) is 5.01. The van der Waals surface area contributed by atoms with Crippen molar-refractivity contribution in [3.05, 3.63) is 29.3 Å². The number of imide groups is 1. The summed E-state index contributed by atoms with van der Waals surface area (Å²) in [6.45, 7) is 3.39. The van der Waals surface area contributed by atoms with E-state index in [4.69, 9.17) is 16.3 Å². The van der Waals surface area contributed by atoms with E-state index in [9.17, 15) is 14.4 Å². The molecule has 7 heteroatoms. The number of halogens is 1. The fraction of sp³-hybridized carbons (Fsp3) is 0.500. The molecule has 1 aromatic rings. The first-order valence-electron chi connectivity index (χ1n) is 8.54. The fourth-order valence-electron chi connectivity index (χ4n) is 3.49. The van der Waals surface area contributed by atoms with Gasteiger partial charge in [-0.05, 0) is 51.1 Å². The summed E-state index contributed by atoms with van der Waals surface area (Å²) in [6, 6.07) is 6.28. The molecule has 2 aliphatic heterocycles. The molecular weight excluding hydrogens is 344 g/mol. The van der Waals surface area contributed by atoms with E-state index >= 15 is 0 Å². The van der Waals surface area contributed by atoms with Crippen LogP contribution in [0.4, 0.5) is 5.69 Å². The normalized spacial score (nSPS) is 22.5. The number of esters is 1. The summed E-state index contributed by atoms with van der Waals surface area (Å²) in [6.07, 6.45) is 1.46.